The van der Waals surface area contributed by atoms with Crippen molar-refractivity contribution in [2.24, 2.45) is 0 Å². The molecule has 0 fully saturated rings. The van der Waals surface area contributed by atoms with Crippen LogP contribution in [0, 0.1) is 0 Å². The Balaban J connectivity index is 5.02. The van der Waals surface area contributed by atoms with Crippen LogP contribution >= 0.6 is 0 Å². The monoisotopic (exact) mass is 216 g/mol. The van der Waals surface area contributed by atoms with Gasteiger partial charge < -0.3 is 4.74 Å². The maximum atomic E-state index is 11.4. The molecule has 0 aromatic rings. The lowest BCUT2D eigenvalue weighted by Crippen LogP contribution is -2.11. The van der Waals surface area contributed by atoms with Gasteiger partial charge in [0, 0.05) is 10.4 Å². The minimum Gasteiger partial charge on any atom is -0.463 e. The van der Waals surface area contributed by atoms with E-state index in [-0.39, 0.29) is 5.97 Å². The van der Waals surface area contributed by atoms with Gasteiger partial charge in [-0.1, -0.05) is 6.92 Å². The van der Waals surface area contributed by atoms with Gasteiger partial charge in [0.15, 0.2) is 0 Å². The van der Waals surface area contributed by atoms with Crippen LogP contribution in [0.4, 0.5) is 0 Å². The third kappa shape index (κ3) is 3.46. The number of ether oxygens (including phenoxy) is 1. The predicted octanol–water partition coefficient (Wildman–Crippen LogP) is 1.68. The number of allylic oxidation sites excluding steroid dienone is 1. The van der Waals surface area contributed by atoms with E-state index in [0.717, 1.165) is 5.57 Å². The quantitative estimate of drug-likeness (QED) is 0.408. The van der Waals surface area contributed by atoms with Crippen LogP contribution in [-0.4, -0.2) is 21.6 Å². The van der Waals surface area contributed by atoms with Gasteiger partial charge in [-0.05, 0) is 32.8 Å². The zero-order valence-corrected chi connectivity index (χ0v) is 9.86. The van der Waals surface area contributed by atoms with E-state index in [4.69, 9.17) is 4.74 Å². The Labute approximate surface area is 88.2 Å². The molecule has 0 radical (unpaired) electrons. The van der Waals surface area contributed by atoms with Crippen LogP contribution in [0.15, 0.2) is 11.1 Å². The molecule has 80 valence electrons. The van der Waals surface area contributed by atoms with Gasteiger partial charge in [0.05, 0.1) is 17.9 Å². The van der Waals surface area contributed by atoms with Crippen molar-refractivity contribution in [3.05, 3.63) is 11.1 Å². The molecule has 0 saturated heterocycles. The van der Waals surface area contributed by atoms with E-state index >= 15 is 0 Å². The van der Waals surface area contributed by atoms with Gasteiger partial charge >= 0.3 is 5.97 Å². The number of rotatable bonds is 4. The SMILES string of the molecule is CCOC(=O)/C(C)=C(/CC)C(C)=S=O. The van der Waals surface area contributed by atoms with Crippen molar-refractivity contribution in [2.75, 3.05) is 6.61 Å². The predicted molar refractivity (Wildman–Crippen MR) is 58.4 cm³/mol. The number of carbonyl (C=O) groups is 1. The third-order valence-corrected chi connectivity index (χ3v) is 2.43. The van der Waals surface area contributed by atoms with Crippen molar-refractivity contribution in [3.8, 4) is 0 Å². The van der Waals surface area contributed by atoms with E-state index in [2.05, 4.69) is 0 Å². The molecule has 0 N–H and O–H groups in total. The standard InChI is InChI=1S/C10H16O3S/c1-5-9(8(4)14-12)7(3)10(11)13-6-2/h5-6H2,1-4H3/b9-7-. The molecule has 0 bridgehead atoms. The second-order valence-corrected chi connectivity index (χ2v) is 3.60. The topological polar surface area (TPSA) is 43.4 Å². The fourth-order valence-electron chi connectivity index (χ4n) is 1.19. The lowest BCUT2D eigenvalue weighted by Gasteiger charge is -2.07. The Hall–Kier alpha value is -0.900. The summed E-state index contributed by atoms with van der Waals surface area (Å²) in [6, 6.07) is 0. The zero-order valence-electron chi connectivity index (χ0n) is 9.05. The fraction of sp³-hybridized carbons (Fsp3) is 0.600. The van der Waals surface area contributed by atoms with Crippen LogP contribution in [0.3, 0.4) is 0 Å². The Morgan fingerprint density at radius 3 is 2.21 bits per heavy atom. The molecule has 4 heteroatoms. The second kappa shape index (κ2) is 6.54. The highest BCUT2D eigenvalue weighted by molar-refractivity contribution is 7.67. The van der Waals surface area contributed by atoms with Crippen LogP contribution in [-0.2, 0) is 20.8 Å². The van der Waals surface area contributed by atoms with Crippen molar-refractivity contribution in [1.29, 1.82) is 0 Å². The largest absolute Gasteiger partial charge is 0.463 e. The maximum Gasteiger partial charge on any atom is 0.334 e. The Bertz CT molecular complexity index is 298. The van der Waals surface area contributed by atoms with Gasteiger partial charge in [0.1, 0.15) is 0 Å². The highest BCUT2D eigenvalue weighted by Crippen LogP contribution is 2.11. The van der Waals surface area contributed by atoms with Crippen LogP contribution < -0.4 is 0 Å². The van der Waals surface area contributed by atoms with E-state index in [1.54, 1.807) is 20.8 Å². The van der Waals surface area contributed by atoms with E-state index in [1.165, 1.54) is 0 Å². The Morgan fingerprint density at radius 2 is 1.86 bits per heavy atom. The molecule has 0 spiro atoms. The highest BCUT2D eigenvalue weighted by Gasteiger charge is 2.12. The van der Waals surface area contributed by atoms with Crippen molar-refractivity contribution >= 4 is 22.1 Å². The van der Waals surface area contributed by atoms with Crippen LogP contribution in [0.25, 0.3) is 0 Å². The molecule has 0 unspecified atom stereocenters. The molecule has 0 atom stereocenters. The van der Waals surface area contributed by atoms with E-state index in [9.17, 15) is 9.00 Å². The average molecular weight is 216 g/mol. The van der Waals surface area contributed by atoms with Crippen LogP contribution in [0.1, 0.15) is 34.1 Å². The number of carbonyl (C=O) groups excluding carboxylic acids is 1. The smallest absolute Gasteiger partial charge is 0.334 e. The summed E-state index contributed by atoms with van der Waals surface area (Å²) in [5.74, 6) is -0.335. The highest BCUT2D eigenvalue weighted by atomic mass is 32.1. The molecule has 14 heavy (non-hydrogen) atoms. The molecule has 0 rings (SSSR count). The lowest BCUT2D eigenvalue weighted by atomic mass is 10.0. The number of hydrogen-bond donors (Lipinski definition) is 0. The molecule has 0 aliphatic rings. The zero-order chi connectivity index (χ0) is 11.1. The maximum absolute atomic E-state index is 11.4. The minimum absolute atomic E-state index is 0.335. The first-order chi connectivity index (χ1) is 6.58. The van der Waals surface area contributed by atoms with Gasteiger partial charge in [-0.15, -0.1) is 0 Å². The van der Waals surface area contributed by atoms with Crippen molar-refractivity contribution < 1.29 is 13.7 Å². The second-order valence-electron chi connectivity index (χ2n) is 2.82. The molecule has 0 saturated carbocycles. The summed E-state index contributed by atoms with van der Waals surface area (Å²) in [6.45, 7) is 7.44. The van der Waals surface area contributed by atoms with Gasteiger partial charge in [-0.25, -0.2) is 9.00 Å². The first-order valence-corrected chi connectivity index (χ1v) is 5.33. The van der Waals surface area contributed by atoms with E-state index in [1.807, 2.05) is 6.92 Å². The summed E-state index contributed by atoms with van der Waals surface area (Å²) >= 11 is 0.422. The Morgan fingerprint density at radius 1 is 1.29 bits per heavy atom. The van der Waals surface area contributed by atoms with Crippen molar-refractivity contribution in [3.63, 3.8) is 0 Å². The molecule has 0 aliphatic carbocycles. The first-order valence-electron chi connectivity index (χ1n) is 4.59. The molecular formula is C10H16O3S. The number of hydrogen-bond acceptors (Lipinski definition) is 3. The molecule has 0 aromatic heterocycles. The fourth-order valence-corrected chi connectivity index (χ4v) is 1.59. The number of esters is 1. The van der Waals surface area contributed by atoms with Gasteiger partial charge in [-0.3, -0.25) is 0 Å². The van der Waals surface area contributed by atoms with Gasteiger partial charge in [-0.2, -0.15) is 0 Å². The Kier molecular flexibility index (Phi) is 6.12. The molecule has 3 nitrogen and oxygen atoms in total. The molecule has 0 aromatic carbocycles. The average Bonchev–Trinajstić information content (AvgIpc) is 2.18. The first kappa shape index (κ1) is 13.1. The van der Waals surface area contributed by atoms with E-state index in [0.29, 0.717) is 34.7 Å². The summed E-state index contributed by atoms with van der Waals surface area (Å²) in [5.41, 5.74) is 1.33. The van der Waals surface area contributed by atoms with Gasteiger partial charge in [0.25, 0.3) is 0 Å². The summed E-state index contributed by atoms with van der Waals surface area (Å²) in [6.07, 6.45) is 0.672. The summed E-state index contributed by atoms with van der Waals surface area (Å²) < 4.78 is 15.5. The van der Waals surface area contributed by atoms with Gasteiger partial charge in [0.2, 0.25) is 0 Å². The molecule has 0 heterocycles. The summed E-state index contributed by atoms with van der Waals surface area (Å²) in [4.78, 5) is 12.0. The normalized spacial score (nSPS) is 11.7. The van der Waals surface area contributed by atoms with Crippen molar-refractivity contribution in [1.82, 2.24) is 0 Å². The third-order valence-electron chi connectivity index (χ3n) is 1.94. The lowest BCUT2D eigenvalue weighted by molar-refractivity contribution is -0.138. The van der Waals surface area contributed by atoms with Crippen molar-refractivity contribution in [2.45, 2.75) is 34.1 Å². The summed E-state index contributed by atoms with van der Waals surface area (Å²) in [7, 11) is 0. The molecule has 0 amide bonds. The molecular weight excluding hydrogens is 200 g/mol. The summed E-state index contributed by atoms with van der Waals surface area (Å²) in [5, 5.41) is 0. The minimum atomic E-state index is -0.335. The van der Waals surface area contributed by atoms with Crippen LogP contribution in [0.5, 0.6) is 0 Å². The van der Waals surface area contributed by atoms with E-state index < -0.39 is 0 Å². The van der Waals surface area contributed by atoms with Crippen LogP contribution in [0.2, 0.25) is 0 Å². The molecule has 0 aliphatic heterocycles.